The molecule has 0 bridgehead atoms. The highest BCUT2D eigenvalue weighted by atomic mass is 16.5. The van der Waals surface area contributed by atoms with Gasteiger partial charge in [-0.3, -0.25) is 0 Å². The van der Waals surface area contributed by atoms with E-state index < -0.39 is 0 Å². The number of ether oxygens (including phenoxy) is 1. The van der Waals surface area contributed by atoms with Crippen LogP contribution in [0.5, 0.6) is 5.75 Å². The molecule has 0 saturated carbocycles. The summed E-state index contributed by atoms with van der Waals surface area (Å²) >= 11 is 0. The van der Waals surface area contributed by atoms with Crippen LogP contribution in [-0.2, 0) is 11.2 Å². The van der Waals surface area contributed by atoms with Gasteiger partial charge in [0.15, 0.2) is 0 Å². The van der Waals surface area contributed by atoms with Gasteiger partial charge < -0.3 is 4.74 Å². The Balaban J connectivity index is 2.42. The van der Waals surface area contributed by atoms with E-state index in [9.17, 15) is 4.79 Å². The molecular weight excluding hydrogens is 176 g/mol. The summed E-state index contributed by atoms with van der Waals surface area (Å²) in [5.74, 6) is 0.555. The molecule has 2 heteroatoms. The van der Waals surface area contributed by atoms with E-state index in [1.54, 1.807) is 12.1 Å². The monoisotopic (exact) mass is 191 g/mol. The minimum atomic E-state index is 0.555. The van der Waals surface area contributed by atoms with Crippen LogP contribution in [-0.4, -0.2) is 6.47 Å². The molecule has 1 rings (SSSR count). The fourth-order valence-electron chi connectivity index (χ4n) is 1.35. The van der Waals surface area contributed by atoms with Gasteiger partial charge in [0, 0.05) is 0 Å². The lowest BCUT2D eigenvalue weighted by Crippen LogP contribution is -1.89. The maximum atomic E-state index is 9.92. The minimum Gasteiger partial charge on any atom is -0.418 e. The zero-order chi connectivity index (χ0) is 10.2. The van der Waals surface area contributed by atoms with Crippen molar-refractivity contribution in [2.75, 3.05) is 0 Å². The first-order valence-electron chi connectivity index (χ1n) is 4.99. The Morgan fingerprint density at radius 3 is 2.50 bits per heavy atom. The lowest BCUT2D eigenvalue weighted by Gasteiger charge is -2.01. The molecule has 75 valence electrons. The largest absolute Gasteiger partial charge is 0.423 e. The fourth-order valence-corrected chi connectivity index (χ4v) is 1.35. The number of benzene rings is 1. The second-order valence-electron chi connectivity index (χ2n) is 3.29. The molecular formula is C12H15O2. The van der Waals surface area contributed by atoms with Crippen molar-refractivity contribution in [3.8, 4) is 5.75 Å². The summed E-state index contributed by atoms with van der Waals surface area (Å²) in [5.41, 5.74) is 1.29. The topological polar surface area (TPSA) is 26.3 Å². The molecule has 14 heavy (non-hydrogen) atoms. The number of aryl methyl sites for hydroxylation is 1. The van der Waals surface area contributed by atoms with Crippen molar-refractivity contribution in [3.63, 3.8) is 0 Å². The van der Waals surface area contributed by atoms with Gasteiger partial charge >= 0.3 is 6.47 Å². The summed E-state index contributed by atoms with van der Waals surface area (Å²) < 4.78 is 4.58. The maximum Gasteiger partial charge on any atom is 0.423 e. The first kappa shape index (κ1) is 10.8. The molecule has 0 atom stereocenters. The van der Waals surface area contributed by atoms with E-state index in [2.05, 4.69) is 11.7 Å². The van der Waals surface area contributed by atoms with Gasteiger partial charge in [0.25, 0.3) is 0 Å². The minimum absolute atomic E-state index is 0.555. The summed E-state index contributed by atoms with van der Waals surface area (Å²) in [6.07, 6.45) is 4.82. The first-order chi connectivity index (χ1) is 6.86. The molecule has 1 aromatic carbocycles. The molecule has 1 aromatic rings. The van der Waals surface area contributed by atoms with Crippen LogP contribution in [0.3, 0.4) is 0 Å². The van der Waals surface area contributed by atoms with Crippen LogP contribution < -0.4 is 4.74 Å². The molecule has 0 heterocycles. The molecule has 0 aliphatic rings. The molecule has 1 radical (unpaired) electrons. The van der Waals surface area contributed by atoms with Crippen LogP contribution in [0.2, 0.25) is 0 Å². The summed E-state index contributed by atoms with van der Waals surface area (Å²) in [5, 5.41) is 0. The van der Waals surface area contributed by atoms with E-state index in [0.717, 1.165) is 6.42 Å². The lowest BCUT2D eigenvalue weighted by atomic mass is 10.1. The van der Waals surface area contributed by atoms with E-state index in [4.69, 9.17) is 0 Å². The normalized spacial score (nSPS) is 9.79. The summed E-state index contributed by atoms with van der Waals surface area (Å²) in [4.78, 5) is 9.92. The molecule has 2 nitrogen and oxygen atoms in total. The van der Waals surface area contributed by atoms with E-state index in [1.807, 2.05) is 12.1 Å². The maximum absolute atomic E-state index is 9.92. The molecule has 0 aliphatic heterocycles. The zero-order valence-electron chi connectivity index (χ0n) is 8.45. The molecule has 0 unspecified atom stereocenters. The third kappa shape index (κ3) is 3.60. The van der Waals surface area contributed by atoms with E-state index in [0.29, 0.717) is 5.75 Å². The number of hydrogen-bond acceptors (Lipinski definition) is 2. The highest BCUT2D eigenvalue weighted by Crippen LogP contribution is 2.13. The molecule has 0 amide bonds. The molecule has 0 aliphatic carbocycles. The summed E-state index contributed by atoms with van der Waals surface area (Å²) in [6.45, 7) is 3.60. The van der Waals surface area contributed by atoms with E-state index in [-0.39, 0.29) is 0 Å². The van der Waals surface area contributed by atoms with Crippen molar-refractivity contribution in [1.82, 2.24) is 0 Å². The van der Waals surface area contributed by atoms with Gasteiger partial charge in [0.2, 0.25) is 0 Å². The lowest BCUT2D eigenvalue weighted by molar-refractivity contribution is 0.442. The third-order valence-corrected chi connectivity index (χ3v) is 2.15. The van der Waals surface area contributed by atoms with Crippen LogP contribution in [0.15, 0.2) is 24.3 Å². The van der Waals surface area contributed by atoms with Crippen molar-refractivity contribution >= 4 is 6.47 Å². The van der Waals surface area contributed by atoms with Crippen LogP contribution in [0.1, 0.15) is 31.7 Å². The van der Waals surface area contributed by atoms with Gasteiger partial charge in [0.1, 0.15) is 5.75 Å². The molecule has 0 spiro atoms. The van der Waals surface area contributed by atoms with Crippen molar-refractivity contribution in [2.45, 2.75) is 32.6 Å². The number of carbonyl (C=O) groups excluding carboxylic acids is 1. The SMILES string of the molecule is CCCCCc1ccc(O[C]=O)cc1. The van der Waals surface area contributed by atoms with Gasteiger partial charge in [0.05, 0.1) is 0 Å². The molecule has 0 fully saturated rings. The van der Waals surface area contributed by atoms with Crippen molar-refractivity contribution < 1.29 is 9.53 Å². The van der Waals surface area contributed by atoms with Crippen molar-refractivity contribution in [3.05, 3.63) is 29.8 Å². The summed E-state index contributed by atoms with van der Waals surface area (Å²) in [6, 6.07) is 7.57. The Morgan fingerprint density at radius 2 is 1.93 bits per heavy atom. The highest BCUT2D eigenvalue weighted by Gasteiger charge is 1.95. The van der Waals surface area contributed by atoms with Gasteiger partial charge in [-0.25, -0.2) is 4.79 Å². The number of unbranched alkanes of at least 4 members (excludes halogenated alkanes) is 2. The second-order valence-corrected chi connectivity index (χ2v) is 3.29. The highest BCUT2D eigenvalue weighted by molar-refractivity contribution is 5.46. The Bertz CT molecular complexity index is 264. The smallest absolute Gasteiger partial charge is 0.418 e. The van der Waals surface area contributed by atoms with E-state index >= 15 is 0 Å². The van der Waals surface area contributed by atoms with E-state index in [1.165, 1.54) is 31.3 Å². The average molecular weight is 191 g/mol. The number of hydrogen-bond donors (Lipinski definition) is 0. The van der Waals surface area contributed by atoms with Gasteiger partial charge in [-0.2, -0.15) is 0 Å². The second kappa shape index (κ2) is 6.19. The Kier molecular flexibility index (Phi) is 4.76. The Labute approximate surface area is 84.9 Å². The standard InChI is InChI=1S/C12H15O2/c1-2-3-4-5-11-6-8-12(9-7-11)14-10-13/h6-9H,2-5H2,1H3. The zero-order valence-corrected chi connectivity index (χ0v) is 8.45. The van der Waals surface area contributed by atoms with Crippen molar-refractivity contribution in [2.24, 2.45) is 0 Å². The first-order valence-corrected chi connectivity index (χ1v) is 4.99. The predicted octanol–water partition coefficient (Wildman–Crippen LogP) is 2.87. The average Bonchev–Trinajstić information content (AvgIpc) is 2.21. The molecule has 0 aromatic heterocycles. The Morgan fingerprint density at radius 1 is 1.21 bits per heavy atom. The third-order valence-electron chi connectivity index (χ3n) is 2.15. The summed E-state index contributed by atoms with van der Waals surface area (Å²) in [7, 11) is 0. The van der Waals surface area contributed by atoms with Gasteiger partial charge in [-0.1, -0.05) is 31.9 Å². The van der Waals surface area contributed by atoms with Crippen LogP contribution in [0.4, 0.5) is 0 Å². The molecule has 0 N–H and O–H groups in total. The van der Waals surface area contributed by atoms with Gasteiger partial charge in [-0.05, 0) is 30.5 Å². The predicted molar refractivity (Wildman–Crippen MR) is 56.0 cm³/mol. The quantitative estimate of drug-likeness (QED) is 0.646. The van der Waals surface area contributed by atoms with Crippen LogP contribution >= 0.6 is 0 Å². The Hall–Kier alpha value is -1.31. The van der Waals surface area contributed by atoms with Crippen LogP contribution in [0, 0.1) is 0 Å². The molecule has 0 saturated heterocycles. The fraction of sp³-hybridized carbons (Fsp3) is 0.417. The van der Waals surface area contributed by atoms with Crippen molar-refractivity contribution in [1.29, 1.82) is 0 Å². The number of rotatable bonds is 6. The van der Waals surface area contributed by atoms with Gasteiger partial charge in [-0.15, -0.1) is 0 Å². The van der Waals surface area contributed by atoms with Crippen LogP contribution in [0.25, 0.3) is 0 Å².